The van der Waals surface area contributed by atoms with Gasteiger partial charge in [-0.3, -0.25) is 0 Å². The summed E-state index contributed by atoms with van der Waals surface area (Å²) in [5.74, 6) is 0.847. The highest BCUT2D eigenvalue weighted by atomic mass is 35.5. The summed E-state index contributed by atoms with van der Waals surface area (Å²) in [4.78, 5) is 10.3. The minimum atomic E-state index is 0.146. The zero-order chi connectivity index (χ0) is 7.72. The second kappa shape index (κ2) is 2.93. The van der Waals surface area contributed by atoms with Gasteiger partial charge in [-0.05, 0) is 11.8 Å². The van der Waals surface area contributed by atoms with Crippen LogP contribution in [0.3, 0.4) is 0 Å². The Morgan fingerprint density at radius 3 is 2.30 bits per heavy atom. The lowest BCUT2D eigenvalue weighted by atomic mass is 10.3. The first-order chi connectivity index (χ1) is 4.66. The molecule has 0 radical (unpaired) electrons. The molecule has 0 aromatic heterocycles. The van der Waals surface area contributed by atoms with E-state index in [1.165, 1.54) is 0 Å². The second-order valence-corrected chi connectivity index (χ2v) is 3.61. The van der Waals surface area contributed by atoms with E-state index in [-0.39, 0.29) is 16.3 Å². The molecule has 1 fully saturated rings. The maximum Gasteiger partial charge on any atom is 0.123 e. The number of carbonyl (C=O) groups is 1. The quantitative estimate of drug-likeness (QED) is 0.594. The molecule has 0 heterocycles. The highest BCUT2D eigenvalue weighted by Crippen LogP contribution is 2.46. The maximum atomic E-state index is 10.3. The Labute approximate surface area is 70.0 Å². The predicted octanol–water partition coefficient (Wildman–Crippen LogP) is 2.39. The van der Waals surface area contributed by atoms with Crippen molar-refractivity contribution in [2.24, 2.45) is 17.8 Å². The Balaban J connectivity index is 2.49. The summed E-state index contributed by atoms with van der Waals surface area (Å²) in [6.45, 7) is 2.01. The van der Waals surface area contributed by atoms with Gasteiger partial charge in [-0.25, -0.2) is 0 Å². The number of aldehydes is 1. The minimum absolute atomic E-state index is 0.146. The SMILES string of the molecule is CC1[C@@H](C=O)[C@H]1C=C(Cl)Cl. The van der Waals surface area contributed by atoms with Crippen molar-refractivity contribution in [3.63, 3.8) is 0 Å². The molecule has 0 saturated heterocycles. The Bertz CT molecular complexity index is 172. The standard InChI is InChI=1S/C7H8Cl2O/c1-4-5(2-7(8)9)6(4)3-10/h2-6H,1H3/t4?,5-,6+/m0/s1. The molecular weight excluding hydrogens is 171 g/mol. The van der Waals surface area contributed by atoms with E-state index in [0.29, 0.717) is 5.92 Å². The molecule has 0 amide bonds. The van der Waals surface area contributed by atoms with Gasteiger partial charge >= 0.3 is 0 Å². The first kappa shape index (κ1) is 8.09. The van der Waals surface area contributed by atoms with Crippen LogP contribution in [-0.4, -0.2) is 6.29 Å². The lowest BCUT2D eigenvalue weighted by Gasteiger charge is -1.81. The van der Waals surface area contributed by atoms with E-state index in [1.807, 2.05) is 6.92 Å². The highest BCUT2D eigenvalue weighted by Gasteiger charge is 2.44. The Hall–Kier alpha value is -0.0100. The van der Waals surface area contributed by atoms with Crippen LogP contribution in [0.5, 0.6) is 0 Å². The van der Waals surface area contributed by atoms with Crippen LogP contribution in [0.4, 0.5) is 0 Å². The molecule has 0 bridgehead atoms. The fourth-order valence-corrected chi connectivity index (χ4v) is 1.44. The molecule has 1 rings (SSSR count). The largest absolute Gasteiger partial charge is 0.303 e. The van der Waals surface area contributed by atoms with Gasteiger partial charge in [0.2, 0.25) is 0 Å². The van der Waals surface area contributed by atoms with E-state index in [2.05, 4.69) is 0 Å². The summed E-state index contributed by atoms with van der Waals surface area (Å²) in [7, 11) is 0. The highest BCUT2D eigenvalue weighted by molar-refractivity contribution is 6.55. The van der Waals surface area contributed by atoms with Crippen LogP contribution in [-0.2, 0) is 4.79 Å². The Morgan fingerprint density at radius 2 is 2.00 bits per heavy atom. The van der Waals surface area contributed by atoms with Crippen LogP contribution >= 0.6 is 23.2 Å². The zero-order valence-corrected chi connectivity index (χ0v) is 7.06. The summed E-state index contributed by atoms with van der Waals surface area (Å²) in [6, 6.07) is 0. The van der Waals surface area contributed by atoms with Crippen LogP contribution in [0.1, 0.15) is 6.92 Å². The molecule has 1 saturated carbocycles. The van der Waals surface area contributed by atoms with Crippen LogP contribution < -0.4 is 0 Å². The summed E-state index contributed by atoms with van der Waals surface area (Å²) in [5.41, 5.74) is 0. The van der Waals surface area contributed by atoms with E-state index in [1.54, 1.807) is 6.08 Å². The molecule has 1 unspecified atom stereocenters. The molecule has 1 aliphatic carbocycles. The number of carbonyl (C=O) groups excluding carboxylic acids is 1. The van der Waals surface area contributed by atoms with Crippen LogP contribution in [0.25, 0.3) is 0 Å². The molecule has 0 aromatic carbocycles. The molecular formula is C7H8Cl2O. The third-order valence-corrected chi connectivity index (χ3v) is 2.25. The van der Waals surface area contributed by atoms with Gasteiger partial charge in [0.25, 0.3) is 0 Å². The van der Waals surface area contributed by atoms with Gasteiger partial charge in [-0.1, -0.05) is 36.2 Å². The van der Waals surface area contributed by atoms with E-state index >= 15 is 0 Å². The van der Waals surface area contributed by atoms with Gasteiger partial charge < -0.3 is 4.79 Å². The van der Waals surface area contributed by atoms with Crippen molar-refractivity contribution < 1.29 is 4.79 Å². The zero-order valence-electron chi connectivity index (χ0n) is 5.55. The van der Waals surface area contributed by atoms with Gasteiger partial charge in [0.1, 0.15) is 10.8 Å². The van der Waals surface area contributed by atoms with Gasteiger partial charge in [0, 0.05) is 5.92 Å². The first-order valence-corrected chi connectivity index (χ1v) is 3.90. The molecule has 1 nitrogen and oxygen atoms in total. The lowest BCUT2D eigenvalue weighted by molar-refractivity contribution is -0.109. The van der Waals surface area contributed by atoms with Crippen molar-refractivity contribution in [1.29, 1.82) is 0 Å². The molecule has 0 aromatic rings. The van der Waals surface area contributed by atoms with Gasteiger partial charge in [0.15, 0.2) is 0 Å². The van der Waals surface area contributed by atoms with Crippen LogP contribution in [0.15, 0.2) is 10.6 Å². The number of hydrogen-bond donors (Lipinski definition) is 0. The lowest BCUT2D eigenvalue weighted by Crippen LogP contribution is -1.77. The van der Waals surface area contributed by atoms with Crippen molar-refractivity contribution in [1.82, 2.24) is 0 Å². The summed E-state index contributed by atoms with van der Waals surface area (Å²) >= 11 is 10.8. The van der Waals surface area contributed by atoms with Crippen molar-refractivity contribution in [3.05, 3.63) is 10.6 Å². The number of halogens is 2. The van der Waals surface area contributed by atoms with E-state index in [9.17, 15) is 4.79 Å². The topological polar surface area (TPSA) is 17.1 Å². The second-order valence-electron chi connectivity index (χ2n) is 2.61. The minimum Gasteiger partial charge on any atom is -0.303 e. The van der Waals surface area contributed by atoms with Crippen molar-refractivity contribution in [3.8, 4) is 0 Å². The average molecular weight is 179 g/mol. The van der Waals surface area contributed by atoms with Crippen LogP contribution in [0.2, 0.25) is 0 Å². The molecule has 0 aliphatic heterocycles. The normalized spacial score (nSPS) is 36.9. The van der Waals surface area contributed by atoms with Crippen LogP contribution in [0, 0.1) is 17.8 Å². The third-order valence-electron chi connectivity index (χ3n) is 1.99. The van der Waals surface area contributed by atoms with E-state index in [0.717, 1.165) is 6.29 Å². The van der Waals surface area contributed by atoms with Crippen molar-refractivity contribution in [2.75, 3.05) is 0 Å². The molecule has 3 atom stereocenters. The Kier molecular flexibility index (Phi) is 2.37. The molecule has 3 heteroatoms. The summed E-state index contributed by atoms with van der Waals surface area (Å²) in [6.07, 6.45) is 2.69. The van der Waals surface area contributed by atoms with E-state index < -0.39 is 0 Å². The Morgan fingerprint density at radius 1 is 1.40 bits per heavy atom. The number of rotatable bonds is 2. The van der Waals surface area contributed by atoms with Crippen molar-refractivity contribution in [2.45, 2.75) is 6.92 Å². The van der Waals surface area contributed by atoms with Gasteiger partial charge in [0.05, 0.1) is 0 Å². The maximum absolute atomic E-state index is 10.3. The fraction of sp³-hybridized carbons (Fsp3) is 0.571. The van der Waals surface area contributed by atoms with Gasteiger partial charge in [-0.15, -0.1) is 0 Å². The molecule has 0 N–H and O–H groups in total. The van der Waals surface area contributed by atoms with Gasteiger partial charge in [-0.2, -0.15) is 0 Å². The number of hydrogen-bond acceptors (Lipinski definition) is 1. The molecule has 56 valence electrons. The molecule has 1 aliphatic rings. The smallest absolute Gasteiger partial charge is 0.123 e. The summed E-state index contributed by atoms with van der Waals surface area (Å²) < 4.78 is 0.265. The predicted molar refractivity (Wildman–Crippen MR) is 42.0 cm³/mol. The monoisotopic (exact) mass is 178 g/mol. The van der Waals surface area contributed by atoms with Crippen molar-refractivity contribution >= 4 is 29.5 Å². The fourth-order valence-electron chi connectivity index (χ4n) is 1.15. The number of allylic oxidation sites excluding steroid dienone is 1. The molecule has 0 spiro atoms. The van der Waals surface area contributed by atoms with E-state index in [4.69, 9.17) is 23.2 Å². The first-order valence-electron chi connectivity index (χ1n) is 3.15. The average Bonchev–Trinajstić information content (AvgIpc) is 2.41. The molecule has 10 heavy (non-hydrogen) atoms. The summed E-state index contributed by atoms with van der Waals surface area (Å²) in [5, 5.41) is 0. The third kappa shape index (κ3) is 1.53.